The molecule has 2 heterocycles. The highest BCUT2D eigenvalue weighted by Crippen LogP contribution is 2.35. The Morgan fingerprint density at radius 2 is 2.08 bits per heavy atom. The summed E-state index contributed by atoms with van der Waals surface area (Å²) in [6, 6.07) is 5.22. The molecule has 1 aliphatic rings. The van der Waals surface area contributed by atoms with Crippen LogP contribution in [-0.2, 0) is 4.79 Å². The van der Waals surface area contributed by atoms with Gasteiger partial charge in [0.15, 0.2) is 11.7 Å². The first-order chi connectivity index (χ1) is 11.9. The van der Waals surface area contributed by atoms with Crippen molar-refractivity contribution in [3.8, 4) is 0 Å². The van der Waals surface area contributed by atoms with E-state index in [4.69, 9.17) is 11.6 Å². The molecule has 5 nitrogen and oxygen atoms in total. The summed E-state index contributed by atoms with van der Waals surface area (Å²) in [5.74, 6) is -2.30. The largest absolute Gasteiger partial charge is 0.478 e. The van der Waals surface area contributed by atoms with E-state index in [9.17, 15) is 18.7 Å². The molecule has 128 valence electrons. The van der Waals surface area contributed by atoms with Crippen molar-refractivity contribution >= 4 is 23.4 Å². The average Bonchev–Trinajstić information content (AvgIpc) is 2.54. The van der Waals surface area contributed by atoms with Crippen LogP contribution in [0.1, 0.15) is 24.2 Å². The Labute approximate surface area is 146 Å². The number of hydrogen-bond acceptors (Lipinski definition) is 4. The van der Waals surface area contributed by atoms with E-state index in [0.29, 0.717) is 5.56 Å². The van der Waals surface area contributed by atoms with Crippen molar-refractivity contribution in [1.82, 2.24) is 10.3 Å². The molecule has 1 atom stereocenters. The predicted octanol–water partition coefficient (Wildman–Crippen LogP) is 3.46. The molecule has 0 bridgehead atoms. The number of aliphatic carboxylic acids is 1. The fourth-order valence-electron chi connectivity index (χ4n) is 2.58. The van der Waals surface area contributed by atoms with E-state index in [1.807, 2.05) is 0 Å². The van der Waals surface area contributed by atoms with Gasteiger partial charge in [-0.25, -0.2) is 18.6 Å². The number of amidine groups is 1. The lowest BCUT2D eigenvalue weighted by molar-refractivity contribution is -0.133. The number of pyridine rings is 1. The minimum Gasteiger partial charge on any atom is -0.478 e. The molecule has 0 saturated heterocycles. The van der Waals surface area contributed by atoms with Crippen molar-refractivity contribution in [3.63, 3.8) is 0 Å². The molecule has 8 heteroatoms. The van der Waals surface area contributed by atoms with Crippen LogP contribution < -0.4 is 5.32 Å². The fourth-order valence-corrected chi connectivity index (χ4v) is 2.85. The summed E-state index contributed by atoms with van der Waals surface area (Å²) in [5.41, 5.74) is 0.464. The Morgan fingerprint density at radius 3 is 2.72 bits per heavy atom. The smallest absolute Gasteiger partial charge is 0.335 e. The third-order valence-corrected chi connectivity index (χ3v) is 4.04. The van der Waals surface area contributed by atoms with E-state index in [2.05, 4.69) is 15.3 Å². The van der Waals surface area contributed by atoms with Crippen LogP contribution in [-0.4, -0.2) is 21.9 Å². The van der Waals surface area contributed by atoms with Gasteiger partial charge in [0.05, 0.1) is 5.57 Å². The molecule has 1 aliphatic heterocycles. The second kappa shape index (κ2) is 6.60. The van der Waals surface area contributed by atoms with E-state index in [0.717, 1.165) is 12.1 Å². The maximum Gasteiger partial charge on any atom is 0.335 e. The summed E-state index contributed by atoms with van der Waals surface area (Å²) >= 11 is 6.07. The number of benzene rings is 1. The maximum atomic E-state index is 14.0. The molecule has 2 N–H and O–H groups in total. The van der Waals surface area contributed by atoms with Gasteiger partial charge < -0.3 is 10.4 Å². The Bertz CT molecular complexity index is 928. The Balaban J connectivity index is 2.17. The van der Waals surface area contributed by atoms with Gasteiger partial charge in [0, 0.05) is 22.5 Å². The van der Waals surface area contributed by atoms with Gasteiger partial charge in [-0.1, -0.05) is 17.7 Å². The number of hydrogen-bond donors (Lipinski definition) is 2. The number of halogens is 3. The first-order valence-corrected chi connectivity index (χ1v) is 7.61. The quantitative estimate of drug-likeness (QED) is 0.875. The summed E-state index contributed by atoms with van der Waals surface area (Å²) in [7, 11) is 0. The second-order valence-corrected chi connectivity index (χ2v) is 5.76. The van der Waals surface area contributed by atoms with Gasteiger partial charge >= 0.3 is 5.97 Å². The number of rotatable bonds is 3. The highest BCUT2D eigenvalue weighted by atomic mass is 35.5. The monoisotopic (exact) mass is 363 g/mol. The zero-order chi connectivity index (χ0) is 18.1. The van der Waals surface area contributed by atoms with Crippen LogP contribution in [0.5, 0.6) is 0 Å². The topological polar surface area (TPSA) is 74.6 Å². The summed E-state index contributed by atoms with van der Waals surface area (Å²) in [4.78, 5) is 19.9. The number of carboxylic acid groups (broad SMARTS) is 1. The van der Waals surface area contributed by atoms with E-state index < -0.39 is 23.6 Å². The molecule has 0 radical (unpaired) electrons. The van der Waals surface area contributed by atoms with Gasteiger partial charge in [0.2, 0.25) is 0 Å². The van der Waals surface area contributed by atoms with E-state index in [1.54, 1.807) is 0 Å². The lowest BCUT2D eigenvalue weighted by Gasteiger charge is -2.25. The minimum atomic E-state index is -1.21. The van der Waals surface area contributed by atoms with Gasteiger partial charge in [0.25, 0.3) is 0 Å². The van der Waals surface area contributed by atoms with Gasteiger partial charge in [-0.2, -0.15) is 0 Å². The SMILES string of the molecule is CC1=C(C(=O)O)C(c2ccc(F)cc2Cl)N=C(c2ncccc2F)N1. The number of nitrogens with zero attached hydrogens (tertiary/aromatic N) is 2. The van der Waals surface area contributed by atoms with E-state index in [-0.39, 0.29) is 27.8 Å². The summed E-state index contributed by atoms with van der Waals surface area (Å²) in [5, 5.41) is 12.3. The highest BCUT2D eigenvalue weighted by Gasteiger charge is 2.31. The molecule has 0 amide bonds. The molecular formula is C17H12ClF2N3O2. The molecule has 0 spiro atoms. The Morgan fingerprint density at radius 1 is 1.32 bits per heavy atom. The van der Waals surface area contributed by atoms with Crippen LogP contribution in [0.25, 0.3) is 0 Å². The summed E-state index contributed by atoms with van der Waals surface area (Å²) in [6.07, 6.45) is 1.40. The third-order valence-electron chi connectivity index (χ3n) is 3.71. The first kappa shape index (κ1) is 17.0. The van der Waals surface area contributed by atoms with Crippen molar-refractivity contribution in [2.45, 2.75) is 13.0 Å². The van der Waals surface area contributed by atoms with Crippen LogP contribution in [0.4, 0.5) is 8.78 Å². The fraction of sp³-hybridized carbons (Fsp3) is 0.118. The van der Waals surface area contributed by atoms with Crippen molar-refractivity contribution in [1.29, 1.82) is 0 Å². The van der Waals surface area contributed by atoms with Gasteiger partial charge in [-0.05, 0) is 31.2 Å². The van der Waals surface area contributed by atoms with Crippen molar-refractivity contribution in [2.75, 3.05) is 0 Å². The number of carbonyl (C=O) groups is 1. The number of aliphatic imine (C=N–C) groups is 1. The maximum absolute atomic E-state index is 14.0. The standard InChI is InChI=1S/C17H12ClF2N3O2/c1-8-13(17(24)25)14(10-5-4-9(19)7-11(10)18)23-16(22-8)15-12(20)3-2-6-21-15/h2-7,14H,1H3,(H,22,23)(H,24,25). The van der Waals surface area contributed by atoms with Crippen molar-refractivity contribution in [3.05, 3.63) is 75.7 Å². The van der Waals surface area contributed by atoms with Crippen molar-refractivity contribution in [2.24, 2.45) is 4.99 Å². The Hall–Kier alpha value is -2.80. The minimum absolute atomic E-state index is 0.0306. The van der Waals surface area contributed by atoms with E-state index >= 15 is 0 Å². The average molecular weight is 364 g/mol. The van der Waals surface area contributed by atoms with Gasteiger partial charge in [-0.3, -0.25) is 4.99 Å². The first-order valence-electron chi connectivity index (χ1n) is 7.23. The zero-order valence-electron chi connectivity index (χ0n) is 12.9. The molecule has 1 unspecified atom stereocenters. The third kappa shape index (κ3) is 3.23. The summed E-state index contributed by atoms with van der Waals surface area (Å²) in [6.45, 7) is 1.53. The molecule has 1 aromatic heterocycles. The van der Waals surface area contributed by atoms with Crippen LogP contribution >= 0.6 is 11.6 Å². The Kier molecular flexibility index (Phi) is 4.50. The number of carboxylic acids is 1. The second-order valence-electron chi connectivity index (χ2n) is 5.35. The molecule has 25 heavy (non-hydrogen) atoms. The van der Waals surface area contributed by atoms with Crippen LogP contribution in [0, 0.1) is 11.6 Å². The molecule has 0 aliphatic carbocycles. The van der Waals surface area contributed by atoms with Crippen LogP contribution in [0.3, 0.4) is 0 Å². The normalized spacial score (nSPS) is 17.1. The molecule has 0 saturated carbocycles. The lowest BCUT2D eigenvalue weighted by Crippen LogP contribution is -2.33. The van der Waals surface area contributed by atoms with Crippen LogP contribution in [0.15, 0.2) is 52.8 Å². The van der Waals surface area contributed by atoms with Crippen molar-refractivity contribution < 1.29 is 18.7 Å². The van der Waals surface area contributed by atoms with Crippen LogP contribution in [0.2, 0.25) is 5.02 Å². The molecule has 3 rings (SSSR count). The molecule has 0 fully saturated rings. The molecule has 2 aromatic rings. The van der Waals surface area contributed by atoms with Gasteiger partial charge in [0.1, 0.15) is 17.6 Å². The highest BCUT2D eigenvalue weighted by molar-refractivity contribution is 6.31. The molecular weight excluding hydrogens is 352 g/mol. The molecule has 1 aromatic carbocycles. The number of allylic oxidation sites excluding steroid dienone is 1. The van der Waals surface area contributed by atoms with E-state index in [1.165, 1.54) is 31.3 Å². The number of nitrogens with one attached hydrogen (secondary N) is 1. The predicted molar refractivity (Wildman–Crippen MR) is 88.4 cm³/mol. The summed E-state index contributed by atoms with van der Waals surface area (Å²) < 4.78 is 27.3. The van der Waals surface area contributed by atoms with Gasteiger partial charge in [-0.15, -0.1) is 0 Å². The number of aromatic nitrogens is 1. The lowest BCUT2D eigenvalue weighted by atomic mass is 9.95. The zero-order valence-corrected chi connectivity index (χ0v) is 13.7.